The predicted octanol–water partition coefficient (Wildman–Crippen LogP) is 5.10. The molecular formula is C21H20ClF3N4O. The normalized spacial score (nSPS) is 15.2. The van der Waals surface area contributed by atoms with E-state index in [2.05, 4.69) is 10.4 Å². The highest BCUT2D eigenvalue weighted by molar-refractivity contribution is 6.32. The molecule has 0 bridgehead atoms. The average Bonchev–Trinajstić information content (AvgIpc) is 3.24. The molecule has 0 spiro atoms. The van der Waals surface area contributed by atoms with Crippen LogP contribution in [0, 0.1) is 0 Å². The van der Waals surface area contributed by atoms with Crippen molar-refractivity contribution in [2.24, 2.45) is 0 Å². The summed E-state index contributed by atoms with van der Waals surface area (Å²) in [4.78, 5) is 12.5. The Morgan fingerprint density at radius 1 is 1.23 bits per heavy atom. The minimum Gasteiger partial charge on any atom is -0.348 e. The molecular weight excluding hydrogens is 417 g/mol. The first-order chi connectivity index (χ1) is 14.2. The van der Waals surface area contributed by atoms with Crippen LogP contribution in [0.15, 0.2) is 48.8 Å². The van der Waals surface area contributed by atoms with Crippen LogP contribution in [0.5, 0.6) is 0 Å². The van der Waals surface area contributed by atoms with Crippen LogP contribution in [0.2, 0.25) is 5.02 Å². The highest BCUT2D eigenvalue weighted by atomic mass is 35.5. The highest BCUT2D eigenvalue weighted by Gasteiger charge is 2.42. The third kappa shape index (κ3) is 4.23. The minimum absolute atomic E-state index is 0.0763. The lowest BCUT2D eigenvalue weighted by Crippen LogP contribution is -2.31. The number of halogens is 4. The van der Waals surface area contributed by atoms with Crippen LogP contribution in [0.4, 0.5) is 13.2 Å². The maximum atomic E-state index is 13.2. The first-order valence-corrected chi connectivity index (χ1v) is 9.98. The summed E-state index contributed by atoms with van der Waals surface area (Å²) in [5.74, 6) is -0.501. The first kappa shape index (κ1) is 20.5. The fourth-order valence-corrected chi connectivity index (χ4v) is 3.85. The molecule has 1 atom stereocenters. The zero-order chi connectivity index (χ0) is 21.5. The Hall–Kier alpha value is -2.74. The molecule has 1 amide bonds. The Morgan fingerprint density at radius 2 is 1.87 bits per heavy atom. The lowest BCUT2D eigenvalue weighted by atomic mass is 10.1. The van der Waals surface area contributed by atoms with E-state index in [0.29, 0.717) is 5.69 Å². The van der Waals surface area contributed by atoms with Gasteiger partial charge in [-0.2, -0.15) is 18.3 Å². The quantitative estimate of drug-likeness (QED) is 0.584. The molecule has 0 saturated heterocycles. The molecule has 1 N–H and O–H groups in total. The SMILES string of the molecule is CC(NC(=O)Cn1nc(C(F)(F)F)c(Cl)c1C1CC1)c1ccc(-n2cccc2)cc1. The first-order valence-electron chi connectivity index (χ1n) is 9.60. The van der Waals surface area contributed by atoms with Gasteiger partial charge in [-0.25, -0.2) is 0 Å². The molecule has 1 aliphatic carbocycles. The Kier molecular flexibility index (Phi) is 5.36. The van der Waals surface area contributed by atoms with Crippen LogP contribution in [-0.2, 0) is 17.5 Å². The monoisotopic (exact) mass is 436 g/mol. The van der Waals surface area contributed by atoms with Crippen LogP contribution < -0.4 is 5.32 Å². The van der Waals surface area contributed by atoms with Crippen molar-refractivity contribution in [1.29, 1.82) is 0 Å². The van der Waals surface area contributed by atoms with Crippen LogP contribution in [-0.4, -0.2) is 20.3 Å². The van der Waals surface area contributed by atoms with Crippen molar-refractivity contribution in [3.05, 3.63) is 70.8 Å². The van der Waals surface area contributed by atoms with Gasteiger partial charge in [0.05, 0.1) is 16.8 Å². The van der Waals surface area contributed by atoms with Gasteiger partial charge in [0.25, 0.3) is 0 Å². The molecule has 9 heteroatoms. The zero-order valence-electron chi connectivity index (χ0n) is 16.2. The van der Waals surface area contributed by atoms with E-state index in [4.69, 9.17) is 11.6 Å². The number of rotatable bonds is 6. The average molecular weight is 437 g/mol. The summed E-state index contributed by atoms with van der Waals surface area (Å²) < 4.78 is 42.6. The molecule has 30 heavy (non-hydrogen) atoms. The van der Waals surface area contributed by atoms with Crippen molar-refractivity contribution >= 4 is 17.5 Å². The van der Waals surface area contributed by atoms with Crippen LogP contribution >= 0.6 is 11.6 Å². The van der Waals surface area contributed by atoms with Gasteiger partial charge in [0.15, 0.2) is 5.69 Å². The molecule has 158 valence electrons. The van der Waals surface area contributed by atoms with Crippen LogP contribution in [0.1, 0.15) is 48.7 Å². The predicted molar refractivity (Wildman–Crippen MR) is 107 cm³/mol. The van der Waals surface area contributed by atoms with E-state index in [0.717, 1.165) is 28.8 Å². The lowest BCUT2D eigenvalue weighted by Gasteiger charge is -2.16. The smallest absolute Gasteiger partial charge is 0.348 e. The summed E-state index contributed by atoms with van der Waals surface area (Å²) in [7, 11) is 0. The second-order valence-electron chi connectivity index (χ2n) is 7.45. The molecule has 0 aliphatic heterocycles. The number of carbonyl (C=O) groups is 1. The van der Waals surface area contributed by atoms with Gasteiger partial charge in [-0.3, -0.25) is 9.48 Å². The van der Waals surface area contributed by atoms with E-state index in [-0.39, 0.29) is 18.5 Å². The van der Waals surface area contributed by atoms with E-state index in [1.54, 1.807) is 0 Å². The van der Waals surface area contributed by atoms with Crippen LogP contribution in [0.25, 0.3) is 5.69 Å². The van der Waals surface area contributed by atoms with Crippen molar-refractivity contribution in [1.82, 2.24) is 19.7 Å². The Bertz CT molecular complexity index is 1040. The highest BCUT2D eigenvalue weighted by Crippen LogP contribution is 2.46. The number of amides is 1. The zero-order valence-corrected chi connectivity index (χ0v) is 16.9. The standard InChI is InChI=1S/C21H20ClF3N4O/c1-13(14-6-8-16(9-7-14)28-10-2-3-11-28)26-17(30)12-29-19(15-4-5-15)18(22)20(27-29)21(23,24)25/h2-3,6-11,13,15H,4-5,12H2,1H3,(H,26,30). The molecule has 0 radical (unpaired) electrons. The molecule has 1 saturated carbocycles. The Balaban J connectivity index is 1.46. The third-order valence-electron chi connectivity index (χ3n) is 5.13. The Morgan fingerprint density at radius 3 is 2.43 bits per heavy atom. The van der Waals surface area contributed by atoms with Gasteiger partial charge >= 0.3 is 6.18 Å². The third-order valence-corrected chi connectivity index (χ3v) is 5.50. The van der Waals surface area contributed by atoms with Crippen molar-refractivity contribution in [2.75, 3.05) is 0 Å². The van der Waals surface area contributed by atoms with Gasteiger partial charge in [0, 0.05) is 24.0 Å². The molecule has 2 heterocycles. The van der Waals surface area contributed by atoms with Crippen molar-refractivity contribution in [2.45, 2.75) is 44.4 Å². The second kappa shape index (κ2) is 7.83. The molecule has 1 aromatic carbocycles. The largest absolute Gasteiger partial charge is 0.436 e. The van der Waals surface area contributed by atoms with Crippen molar-refractivity contribution < 1.29 is 18.0 Å². The topological polar surface area (TPSA) is 51.9 Å². The summed E-state index contributed by atoms with van der Waals surface area (Å²) >= 11 is 5.95. The van der Waals surface area contributed by atoms with Gasteiger partial charge in [-0.05, 0) is 49.6 Å². The molecule has 5 nitrogen and oxygen atoms in total. The van der Waals surface area contributed by atoms with Gasteiger partial charge in [-0.15, -0.1) is 0 Å². The van der Waals surface area contributed by atoms with E-state index in [1.807, 2.05) is 60.3 Å². The summed E-state index contributed by atoms with van der Waals surface area (Å²) in [5, 5.41) is 6.02. The second-order valence-corrected chi connectivity index (χ2v) is 7.83. The maximum Gasteiger partial charge on any atom is 0.436 e. The molecule has 3 aromatic rings. The number of aromatic nitrogens is 3. The molecule has 1 unspecified atom stereocenters. The summed E-state index contributed by atoms with van der Waals surface area (Å²) in [5.41, 5.74) is 1.04. The number of hydrogen-bond donors (Lipinski definition) is 1. The fourth-order valence-electron chi connectivity index (χ4n) is 3.45. The molecule has 4 rings (SSSR count). The van der Waals surface area contributed by atoms with E-state index in [1.165, 1.54) is 0 Å². The van der Waals surface area contributed by atoms with Gasteiger partial charge < -0.3 is 9.88 Å². The van der Waals surface area contributed by atoms with Crippen LogP contribution in [0.3, 0.4) is 0 Å². The van der Waals surface area contributed by atoms with E-state index < -0.39 is 22.8 Å². The fraction of sp³-hybridized carbons (Fsp3) is 0.333. The van der Waals surface area contributed by atoms with Crippen molar-refractivity contribution in [3.8, 4) is 5.69 Å². The van der Waals surface area contributed by atoms with Gasteiger partial charge in [-0.1, -0.05) is 23.7 Å². The number of carbonyl (C=O) groups excluding carboxylic acids is 1. The Labute approximate surface area is 176 Å². The number of alkyl halides is 3. The number of nitrogens with one attached hydrogen (secondary N) is 1. The van der Waals surface area contributed by atoms with Crippen molar-refractivity contribution in [3.63, 3.8) is 0 Å². The van der Waals surface area contributed by atoms with E-state index in [9.17, 15) is 18.0 Å². The van der Waals surface area contributed by atoms with Gasteiger partial charge in [0.1, 0.15) is 6.54 Å². The maximum absolute atomic E-state index is 13.2. The van der Waals surface area contributed by atoms with Gasteiger partial charge in [0.2, 0.25) is 5.91 Å². The summed E-state index contributed by atoms with van der Waals surface area (Å²) in [6, 6.07) is 11.2. The molecule has 1 aliphatic rings. The summed E-state index contributed by atoms with van der Waals surface area (Å²) in [6.45, 7) is 1.51. The minimum atomic E-state index is -4.66. The molecule has 2 aromatic heterocycles. The number of hydrogen-bond acceptors (Lipinski definition) is 2. The van der Waals surface area contributed by atoms with E-state index >= 15 is 0 Å². The molecule has 1 fully saturated rings. The lowest BCUT2D eigenvalue weighted by molar-refractivity contribution is -0.141. The number of nitrogens with zero attached hydrogens (tertiary/aromatic N) is 3. The summed E-state index contributed by atoms with van der Waals surface area (Å²) in [6.07, 6.45) is 0.699. The number of benzene rings is 1.